The second-order valence-electron chi connectivity index (χ2n) is 6.28. The standard InChI is InChI=1S/C20H18Cl2N2OS/c1-12(2)24-19(25)18(10-14-6-7-15(21)11-17(14)22)26-20(24)23-16-8-4-13(3)5-9-16/h4-12H,1-3H3/b18-10+,23-20?. The number of rotatable bonds is 3. The maximum absolute atomic E-state index is 12.9. The second-order valence-corrected chi connectivity index (χ2v) is 8.13. The van der Waals surface area contributed by atoms with E-state index in [4.69, 9.17) is 23.2 Å². The molecule has 1 aliphatic rings. The van der Waals surface area contributed by atoms with E-state index in [1.807, 2.05) is 45.0 Å². The Morgan fingerprint density at radius 2 is 1.81 bits per heavy atom. The first-order valence-corrected chi connectivity index (χ1v) is 9.76. The van der Waals surface area contributed by atoms with Crippen molar-refractivity contribution in [2.45, 2.75) is 26.8 Å². The Labute approximate surface area is 167 Å². The van der Waals surface area contributed by atoms with E-state index in [0.29, 0.717) is 20.1 Å². The van der Waals surface area contributed by atoms with E-state index in [1.54, 1.807) is 29.2 Å². The highest BCUT2D eigenvalue weighted by Crippen LogP contribution is 2.36. The van der Waals surface area contributed by atoms with E-state index < -0.39 is 0 Å². The molecule has 1 amide bonds. The molecule has 2 aromatic rings. The van der Waals surface area contributed by atoms with Crippen LogP contribution in [0.1, 0.15) is 25.0 Å². The summed E-state index contributed by atoms with van der Waals surface area (Å²) in [5, 5.41) is 1.75. The zero-order chi connectivity index (χ0) is 18.8. The number of amides is 1. The molecule has 1 saturated heterocycles. The van der Waals surface area contributed by atoms with E-state index in [1.165, 1.54) is 17.3 Å². The summed E-state index contributed by atoms with van der Waals surface area (Å²) in [4.78, 5) is 19.8. The number of thioether (sulfide) groups is 1. The predicted molar refractivity (Wildman–Crippen MR) is 112 cm³/mol. The maximum Gasteiger partial charge on any atom is 0.266 e. The van der Waals surface area contributed by atoms with Crippen LogP contribution in [0.3, 0.4) is 0 Å². The molecule has 1 heterocycles. The summed E-state index contributed by atoms with van der Waals surface area (Å²) >= 11 is 13.5. The summed E-state index contributed by atoms with van der Waals surface area (Å²) in [7, 11) is 0. The molecule has 3 nitrogen and oxygen atoms in total. The number of benzene rings is 2. The van der Waals surface area contributed by atoms with Gasteiger partial charge in [-0.25, -0.2) is 4.99 Å². The fraction of sp³-hybridized carbons (Fsp3) is 0.200. The van der Waals surface area contributed by atoms with E-state index in [0.717, 1.165) is 11.3 Å². The van der Waals surface area contributed by atoms with Crippen LogP contribution in [0.15, 0.2) is 52.4 Å². The van der Waals surface area contributed by atoms with Gasteiger partial charge in [-0.15, -0.1) is 0 Å². The van der Waals surface area contributed by atoms with E-state index >= 15 is 0 Å². The van der Waals surface area contributed by atoms with Crippen LogP contribution >= 0.6 is 35.0 Å². The van der Waals surface area contributed by atoms with E-state index in [-0.39, 0.29) is 11.9 Å². The number of aryl methyl sites for hydroxylation is 1. The number of nitrogens with zero attached hydrogens (tertiary/aromatic N) is 2. The minimum absolute atomic E-state index is 0.00536. The molecular weight excluding hydrogens is 387 g/mol. The smallest absolute Gasteiger partial charge is 0.266 e. The van der Waals surface area contributed by atoms with Gasteiger partial charge in [-0.05, 0) is 68.4 Å². The van der Waals surface area contributed by atoms with Crippen molar-refractivity contribution in [3.8, 4) is 0 Å². The average Bonchev–Trinajstić information content (AvgIpc) is 2.88. The molecule has 134 valence electrons. The normalized spacial score (nSPS) is 17.8. The van der Waals surface area contributed by atoms with Gasteiger partial charge in [0.15, 0.2) is 5.17 Å². The number of halogens is 2. The van der Waals surface area contributed by atoms with E-state index in [9.17, 15) is 4.79 Å². The molecule has 0 saturated carbocycles. The number of hydrogen-bond acceptors (Lipinski definition) is 3. The third-order valence-corrected chi connectivity index (χ3v) is 5.41. The fourth-order valence-electron chi connectivity index (χ4n) is 2.51. The monoisotopic (exact) mass is 404 g/mol. The third-order valence-electron chi connectivity index (χ3n) is 3.86. The fourth-order valence-corrected chi connectivity index (χ4v) is 4.08. The topological polar surface area (TPSA) is 32.7 Å². The lowest BCUT2D eigenvalue weighted by Gasteiger charge is -2.19. The Balaban J connectivity index is 1.98. The second kappa shape index (κ2) is 7.87. The molecule has 0 spiro atoms. The molecule has 0 atom stereocenters. The van der Waals surface area contributed by atoms with Crippen LogP contribution in [-0.4, -0.2) is 22.0 Å². The molecule has 0 radical (unpaired) electrons. The van der Waals surface area contributed by atoms with Gasteiger partial charge in [-0.1, -0.05) is 47.0 Å². The zero-order valence-corrected chi connectivity index (χ0v) is 17.0. The SMILES string of the molecule is Cc1ccc(N=C2S/C(=C/c3ccc(Cl)cc3Cl)C(=O)N2C(C)C)cc1. The lowest BCUT2D eigenvalue weighted by molar-refractivity contribution is -0.123. The molecule has 1 aliphatic heterocycles. The summed E-state index contributed by atoms with van der Waals surface area (Å²) in [5.74, 6) is -0.0677. The Hall–Kier alpha value is -1.75. The average molecular weight is 405 g/mol. The summed E-state index contributed by atoms with van der Waals surface area (Å²) in [6.07, 6.45) is 1.79. The highest BCUT2D eigenvalue weighted by atomic mass is 35.5. The highest BCUT2D eigenvalue weighted by molar-refractivity contribution is 8.18. The molecule has 3 rings (SSSR count). The number of hydrogen-bond donors (Lipinski definition) is 0. The van der Waals surface area contributed by atoms with E-state index in [2.05, 4.69) is 4.99 Å². The van der Waals surface area contributed by atoms with Gasteiger partial charge in [0, 0.05) is 16.1 Å². The molecule has 0 unspecified atom stereocenters. The molecule has 0 N–H and O–H groups in total. The number of carbonyl (C=O) groups is 1. The van der Waals surface area contributed by atoms with Crippen molar-refractivity contribution in [1.82, 2.24) is 4.90 Å². The molecule has 6 heteroatoms. The van der Waals surface area contributed by atoms with Gasteiger partial charge < -0.3 is 0 Å². The van der Waals surface area contributed by atoms with Crippen molar-refractivity contribution >= 4 is 57.8 Å². The van der Waals surface area contributed by atoms with Crippen molar-refractivity contribution in [2.24, 2.45) is 4.99 Å². The zero-order valence-electron chi connectivity index (χ0n) is 14.7. The Morgan fingerprint density at radius 3 is 2.42 bits per heavy atom. The van der Waals surface area contributed by atoms with Crippen LogP contribution in [0.5, 0.6) is 0 Å². The van der Waals surface area contributed by atoms with Gasteiger partial charge in [-0.2, -0.15) is 0 Å². The minimum atomic E-state index is -0.0677. The Kier molecular flexibility index (Phi) is 5.76. The van der Waals surface area contributed by atoms with Crippen molar-refractivity contribution in [3.63, 3.8) is 0 Å². The summed E-state index contributed by atoms with van der Waals surface area (Å²) in [5.41, 5.74) is 2.75. The first-order valence-electron chi connectivity index (χ1n) is 8.18. The third kappa shape index (κ3) is 4.14. The summed E-state index contributed by atoms with van der Waals surface area (Å²) in [6, 6.07) is 13.1. The van der Waals surface area contributed by atoms with Gasteiger partial charge >= 0.3 is 0 Å². The van der Waals surface area contributed by atoms with Gasteiger partial charge in [0.1, 0.15) is 0 Å². The number of carbonyl (C=O) groups excluding carboxylic acids is 1. The molecular formula is C20H18Cl2N2OS. The van der Waals surface area contributed by atoms with Crippen LogP contribution in [0, 0.1) is 6.92 Å². The van der Waals surface area contributed by atoms with Gasteiger partial charge in [0.2, 0.25) is 0 Å². The Morgan fingerprint density at radius 1 is 1.12 bits per heavy atom. The molecule has 1 fully saturated rings. The molecule has 2 aromatic carbocycles. The van der Waals surface area contributed by atoms with Crippen LogP contribution in [-0.2, 0) is 4.79 Å². The molecule has 0 aromatic heterocycles. The quantitative estimate of drug-likeness (QED) is 0.560. The van der Waals surface area contributed by atoms with Crippen molar-refractivity contribution in [3.05, 3.63) is 68.5 Å². The number of amidine groups is 1. The van der Waals surface area contributed by atoms with Crippen molar-refractivity contribution in [2.75, 3.05) is 0 Å². The van der Waals surface area contributed by atoms with Crippen LogP contribution in [0.4, 0.5) is 5.69 Å². The molecule has 26 heavy (non-hydrogen) atoms. The Bertz CT molecular complexity index is 905. The van der Waals surface area contributed by atoms with Gasteiger partial charge in [0.25, 0.3) is 5.91 Å². The van der Waals surface area contributed by atoms with Gasteiger partial charge in [0.05, 0.1) is 10.6 Å². The number of aliphatic imine (C=N–C) groups is 1. The molecule has 0 aliphatic carbocycles. The largest absolute Gasteiger partial charge is 0.284 e. The first kappa shape index (κ1) is 19.0. The summed E-state index contributed by atoms with van der Waals surface area (Å²) in [6.45, 7) is 5.98. The maximum atomic E-state index is 12.9. The van der Waals surface area contributed by atoms with Crippen LogP contribution in [0.25, 0.3) is 6.08 Å². The van der Waals surface area contributed by atoms with Crippen LogP contribution < -0.4 is 0 Å². The van der Waals surface area contributed by atoms with Crippen molar-refractivity contribution in [1.29, 1.82) is 0 Å². The van der Waals surface area contributed by atoms with Gasteiger partial charge in [-0.3, -0.25) is 9.69 Å². The highest BCUT2D eigenvalue weighted by Gasteiger charge is 2.35. The lowest BCUT2D eigenvalue weighted by Crippen LogP contribution is -2.35. The van der Waals surface area contributed by atoms with Crippen LogP contribution in [0.2, 0.25) is 10.0 Å². The predicted octanol–water partition coefficient (Wildman–Crippen LogP) is 6.31. The first-order chi connectivity index (χ1) is 12.3. The lowest BCUT2D eigenvalue weighted by atomic mass is 10.2. The minimum Gasteiger partial charge on any atom is -0.284 e. The summed E-state index contributed by atoms with van der Waals surface area (Å²) < 4.78 is 0. The van der Waals surface area contributed by atoms with Crippen molar-refractivity contribution < 1.29 is 4.79 Å². The molecule has 0 bridgehead atoms.